The number of ether oxygens (including phenoxy) is 1. The van der Waals surface area contributed by atoms with Crippen molar-refractivity contribution in [1.29, 1.82) is 0 Å². The van der Waals surface area contributed by atoms with E-state index in [1.807, 2.05) is 38.7 Å². The quantitative estimate of drug-likeness (QED) is 0.441. The van der Waals surface area contributed by atoms with Crippen LogP contribution in [0.25, 0.3) is 6.08 Å². The van der Waals surface area contributed by atoms with Gasteiger partial charge in [-0.15, -0.1) is 11.8 Å². The van der Waals surface area contributed by atoms with Crippen molar-refractivity contribution in [3.05, 3.63) is 41.1 Å². The number of thioether (sulfide) groups is 1. The van der Waals surface area contributed by atoms with Crippen LogP contribution >= 0.6 is 11.8 Å². The van der Waals surface area contributed by atoms with E-state index in [0.717, 1.165) is 88.2 Å². The summed E-state index contributed by atoms with van der Waals surface area (Å²) in [5, 5.41) is 0. The molecule has 190 valence electrons. The van der Waals surface area contributed by atoms with Crippen molar-refractivity contribution >= 4 is 23.8 Å². The standard InChI is InChI=1S/C20H25N3OS.C5H13NO.C2H6/c1-3-4-5-17-14(2)12-18(24-17)15-6-9-23(10-7-15)20-21-13-19-16(22-20)8-11-25-19;1-2-7-5-3-4-6;1-2/h4-5,12-13,15H,3,6-11H2,1-2H3;2-6H2,1H3;1-2H3/b5-4-;;. The van der Waals surface area contributed by atoms with Crippen molar-refractivity contribution in [2.24, 2.45) is 5.73 Å². The second-order valence-electron chi connectivity index (χ2n) is 8.19. The summed E-state index contributed by atoms with van der Waals surface area (Å²) in [6, 6.07) is 2.22. The molecule has 4 rings (SSSR count). The lowest BCUT2D eigenvalue weighted by molar-refractivity contribution is 0.146. The van der Waals surface area contributed by atoms with Crippen molar-refractivity contribution < 1.29 is 9.15 Å². The fourth-order valence-corrected chi connectivity index (χ4v) is 4.87. The lowest BCUT2D eigenvalue weighted by atomic mass is 9.94. The monoisotopic (exact) mass is 488 g/mol. The predicted octanol–water partition coefficient (Wildman–Crippen LogP) is 6.23. The van der Waals surface area contributed by atoms with Gasteiger partial charge in [-0.05, 0) is 63.8 Å². The molecule has 1 saturated heterocycles. The van der Waals surface area contributed by atoms with Crippen LogP contribution in [0.15, 0.2) is 27.7 Å². The molecule has 34 heavy (non-hydrogen) atoms. The van der Waals surface area contributed by atoms with E-state index in [0.29, 0.717) is 5.92 Å². The van der Waals surface area contributed by atoms with E-state index in [-0.39, 0.29) is 0 Å². The molecule has 0 bridgehead atoms. The topological polar surface area (TPSA) is 77.4 Å². The first-order valence-electron chi connectivity index (χ1n) is 12.9. The van der Waals surface area contributed by atoms with Crippen LogP contribution in [0.3, 0.4) is 0 Å². The Morgan fingerprint density at radius 2 is 2.03 bits per heavy atom. The summed E-state index contributed by atoms with van der Waals surface area (Å²) in [6.45, 7) is 14.6. The van der Waals surface area contributed by atoms with Gasteiger partial charge in [0.2, 0.25) is 5.95 Å². The Morgan fingerprint density at radius 3 is 2.71 bits per heavy atom. The van der Waals surface area contributed by atoms with E-state index in [1.165, 1.54) is 16.2 Å². The summed E-state index contributed by atoms with van der Waals surface area (Å²) in [5.41, 5.74) is 7.65. The molecular weight excluding hydrogens is 444 g/mol. The minimum Gasteiger partial charge on any atom is -0.461 e. The van der Waals surface area contributed by atoms with Gasteiger partial charge in [0.05, 0.1) is 5.69 Å². The van der Waals surface area contributed by atoms with Gasteiger partial charge in [0.15, 0.2) is 0 Å². The summed E-state index contributed by atoms with van der Waals surface area (Å²) in [7, 11) is 0. The van der Waals surface area contributed by atoms with Gasteiger partial charge in [0, 0.05) is 55.5 Å². The lowest BCUT2D eigenvalue weighted by Crippen LogP contribution is -2.34. The molecule has 0 saturated carbocycles. The zero-order valence-corrected chi connectivity index (χ0v) is 22.6. The first-order valence-corrected chi connectivity index (χ1v) is 13.9. The normalized spacial score (nSPS) is 15.5. The number of nitrogens with zero attached hydrogens (tertiary/aromatic N) is 3. The number of fused-ring (bicyclic) bond motifs is 1. The van der Waals surface area contributed by atoms with Crippen LogP contribution in [0.2, 0.25) is 0 Å². The molecule has 1 fully saturated rings. The third-order valence-electron chi connectivity index (χ3n) is 5.77. The number of hydrogen-bond acceptors (Lipinski definition) is 7. The fraction of sp³-hybridized carbons (Fsp3) is 0.630. The maximum absolute atomic E-state index is 6.12. The highest BCUT2D eigenvalue weighted by atomic mass is 32.2. The van der Waals surface area contributed by atoms with E-state index >= 15 is 0 Å². The molecule has 2 aliphatic heterocycles. The summed E-state index contributed by atoms with van der Waals surface area (Å²) < 4.78 is 11.1. The Kier molecular flexibility index (Phi) is 13.3. The summed E-state index contributed by atoms with van der Waals surface area (Å²) in [6.07, 6.45) is 11.5. The van der Waals surface area contributed by atoms with E-state index in [2.05, 4.69) is 41.9 Å². The van der Waals surface area contributed by atoms with Gasteiger partial charge in [-0.25, -0.2) is 9.97 Å². The molecule has 2 aromatic rings. The van der Waals surface area contributed by atoms with Crippen molar-refractivity contribution in [1.82, 2.24) is 9.97 Å². The summed E-state index contributed by atoms with van der Waals surface area (Å²) >= 11 is 1.87. The molecule has 4 heterocycles. The van der Waals surface area contributed by atoms with E-state index in [4.69, 9.17) is 19.9 Å². The van der Waals surface area contributed by atoms with Crippen molar-refractivity contribution in [2.45, 2.75) is 77.5 Å². The van der Waals surface area contributed by atoms with Crippen LogP contribution in [-0.2, 0) is 11.2 Å². The molecular formula is C27H44N4O2S. The van der Waals surface area contributed by atoms with Gasteiger partial charge in [0.25, 0.3) is 0 Å². The number of piperidine rings is 1. The van der Waals surface area contributed by atoms with Gasteiger partial charge < -0.3 is 19.8 Å². The molecule has 0 aromatic carbocycles. The fourth-order valence-electron chi connectivity index (χ4n) is 3.91. The van der Waals surface area contributed by atoms with Crippen molar-refractivity contribution in [2.75, 3.05) is 43.5 Å². The number of rotatable bonds is 8. The molecule has 2 aromatic heterocycles. The molecule has 0 atom stereocenters. The Morgan fingerprint density at radius 1 is 1.26 bits per heavy atom. The molecule has 6 nitrogen and oxygen atoms in total. The van der Waals surface area contributed by atoms with Crippen molar-refractivity contribution in [3.8, 4) is 0 Å². The number of anilines is 1. The minimum atomic E-state index is 0.503. The highest BCUT2D eigenvalue weighted by Gasteiger charge is 2.26. The largest absolute Gasteiger partial charge is 0.461 e. The predicted molar refractivity (Wildman–Crippen MR) is 145 cm³/mol. The molecule has 0 unspecified atom stereocenters. The zero-order chi connectivity index (χ0) is 24.8. The molecule has 2 N–H and O–H groups in total. The van der Waals surface area contributed by atoms with Gasteiger partial charge in [-0.3, -0.25) is 0 Å². The molecule has 7 heteroatoms. The third kappa shape index (κ3) is 8.43. The number of furan rings is 1. The molecule has 2 aliphatic rings. The first kappa shape index (κ1) is 28.4. The van der Waals surface area contributed by atoms with Gasteiger partial charge in [0.1, 0.15) is 11.5 Å². The first-order chi connectivity index (χ1) is 16.7. The van der Waals surface area contributed by atoms with E-state index in [1.54, 1.807) is 0 Å². The lowest BCUT2D eigenvalue weighted by Gasteiger charge is -2.31. The highest BCUT2D eigenvalue weighted by molar-refractivity contribution is 7.99. The van der Waals surface area contributed by atoms with Crippen molar-refractivity contribution in [3.63, 3.8) is 0 Å². The second kappa shape index (κ2) is 16.0. The maximum Gasteiger partial charge on any atom is 0.225 e. The van der Waals surface area contributed by atoms with Crippen LogP contribution in [0.4, 0.5) is 5.95 Å². The Bertz CT molecular complexity index is 856. The van der Waals surface area contributed by atoms with E-state index < -0.39 is 0 Å². The van der Waals surface area contributed by atoms with Crippen LogP contribution in [0, 0.1) is 6.92 Å². The Labute approximate surface area is 210 Å². The average molecular weight is 489 g/mol. The summed E-state index contributed by atoms with van der Waals surface area (Å²) in [4.78, 5) is 13.0. The average Bonchev–Trinajstić information content (AvgIpc) is 3.50. The second-order valence-corrected chi connectivity index (χ2v) is 9.32. The SMILES string of the molecule is CC.CC/C=C\c1oc(C2CCN(c3ncc4c(n3)CCS4)CC2)cc1C.CCOCCCN. The number of nitrogens with two attached hydrogens (primary N) is 1. The summed E-state index contributed by atoms with van der Waals surface area (Å²) in [5.74, 6) is 4.70. The van der Waals surface area contributed by atoms with Gasteiger partial charge >= 0.3 is 0 Å². The van der Waals surface area contributed by atoms with Crippen LogP contribution < -0.4 is 10.6 Å². The number of aromatic nitrogens is 2. The number of allylic oxidation sites excluding steroid dienone is 1. The smallest absolute Gasteiger partial charge is 0.225 e. The minimum absolute atomic E-state index is 0.503. The number of aryl methyl sites for hydroxylation is 2. The van der Waals surface area contributed by atoms with Crippen LogP contribution in [0.5, 0.6) is 0 Å². The molecule has 0 amide bonds. The Hall–Kier alpha value is -1.83. The molecule has 0 radical (unpaired) electrons. The molecule has 0 spiro atoms. The van der Waals surface area contributed by atoms with Crippen LogP contribution in [-0.4, -0.2) is 48.6 Å². The molecule has 0 aliphatic carbocycles. The van der Waals surface area contributed by atoms with E-state index in [9.17, 15) is 0 Å². The highest BCUT2D eigenvalue weighted by Crippen LogP contribution is 2.34. The Balaban J connectivity index is 0.000000393. The van der Waals surface area contributed by atoms with Gasteiger partial charge in [-0.1, -0.05) is 26.8 Å². The third-order valence-corrected chi connectivity index (χ3v) is 6.83. The van der Waals surface area contributed by atoms with Crippen LogP contribution in [0.1, 0.15) is 82.1 Å². The maximum atomic E-state index is 6.12. The zero-order valence-electron chi connectivity index (χ0n) is 21.8. The number of hydrogen-bond donors (Lipinski definition) is 1. The van der Waals surface area contributed by atoms with Gasteiger partial charge in [-0.2, -0.15) is 0 Å².